The Hall–Kier alpha value is -1.64. The van der Waals surface area contributed by atoms with Crippen molar-refractivity contribution in [3.05, 3.63) is 30.3 Å². The Bertz CT molecular complexity index is 636. The first kappa shape index (κ1) is 18.7. The molecule has 24 heavy (non-hydrogen) atoms. The number of benzene rings is 1. The molecule has 0 aliphatic carbocycles. The Balaban J connectivity index is 1.95. The zero-order valence-corrected chi connectivity index (χ0v) is 15.7. The molecule has 2 aromatic rings. The van der Waals surface area contributed by atoms with E-state index in [4.69, 9.17) is 4.74 Å². The molecular formula is C16H22N4O2S2. The van der Waals surface area contributed by atoms with Crippen molar-refractivity contribution in [2.45, 2.75) is 23.4 Å². The molecule has 1 aromatic heterocycles. The molecule has 0 aliphatic rings. The van der Waals surface area contributed by atoms with Crippen molar-refractivity contribution in [1.29, 1.82) is 0 Å². The number of carbonyl (C=O) groups excluding carboxylic acids is 1. The molecule has 2 rings (SSSR count). The van der Waals surface area contributed by atoms with Gasteiger partial charge < -0.3 is 15.0 Å². The fraction of sp³-hybridized carbons (Fsp3) is 0.438. The molecule has 8 heteroatoms. The van der Waals surface area contributed by atoms with Crippen molar-refractivity contribution >= 4 is 39.8 Å². The highest BCUT2D eigenvalue weighted by Gasteiger charge is 2.23. The van der Waals surface area contributed by atoms with Crippen LogP contribution in [-0.2, 0) is 9.53 Å². The van der Waals surface area contributed by atoms with Crippen molar-refractivity contribution in [2.24, 2.45) is 0 Å². The summed E-state index contributed by atoms with van der Waals surface area (Å²) in [4.78, 5) is 14.5. The first-order valence-corrected chi connectivity index (χ1v) is 9.44. The number of para-hydroxylation sites is 1. The Morgan fingerprint density at radius 2 is 2.12 bits per heavy atom. The summed E-state index contributed by atoms with van der Waals surface area (Å²) >= 11 is 2.88. The van der Waals surface area contributed by atoms with Crippen molar-refractivity contribution in [3.8, 4) is 0 Å². The van der Waals surface area contributed by atoms with Crippen molar-refractivity contribution < 1.29 is 9.53 Å². The topological polar surface area (TPSA) is 67.4 Å². The zero-order valence-electron chi connectivity index (χ0n) is 14.1. The number of anilines is 2. The monoisotopic (exact) mass is 366 g/mol. The van der Waals surface area contributed by atoms with Gasteiger partial charge in [0, 0.05) is 25.9 Å². The van der Waals surface area contributed by atoms with Gasteiger partial charge in [-0.3, -0.25) is 4.79 Å². The lowest BCUT2D eigenvalue weighted by Gasteiger charge is -2.23. The second-order valence-electron chi connectivity index (χ2n) is 4.97. The maximum absolute atomic E-state index is 12.7. The number of nitrogens with one attached hydrogen (secondary N) is 1. The Labute approximate surface area is 150 Å². The fourth-order valence-corrected chi connectivity index (χ4v) is 4.07. The molecule has 1 unspecified atom stereocenters. The molecule has 0 radical (unpaired) electrons. The lowest BCUT2D eigenvalue weighted by molar-refractivity contribution is -0.117. The Morgan fingerprint density at radius 3 is 2.79 bits per heavy atom. The number of aromatic nitrogens is 2. The van der Waals surface area contributed by atoms with Crippen LogP contribution in [0, 0.1) is 0 Å². The standard InChI is InChI=1S/C16H22N4O2S2/c1-4-20(13-8-6-5-7-9-13)14(21)12(2)23-16-19-18-15(24-16)17-10-11-22-3/h5-9,12H,4,10-11H2,1-3H3,(H,17,18). The summed E-state index contributed by atoms with van der Waals surface area (Å²) in [7, 11) is 1.66. The maximum atomic E-state index is 12.7. The lowest BCUT2D eigenvalue weighted by Crippen LogP contribution is -2.36. The number of rotatable bonds is 9. The quantitative estimate of drug-likeness (QED) is 0.543. The Kier molecular flexibility index (Phi) is 7.48. The van der Waals surface area contributed by atoms with Gasteiger partial charge in [-0.2, -0.15) is 0 Å². The average molecular weight is 367 g/mol. The van der Waals surface area contributed by atoms with E-state index in [2.05, 4.69) is 15.5 Å². The van der Waals surface area contributed by atoms with Crippen LogP contribution in [0.3, 0.4) is 0 Å². The van der Waals surface area contributed by atoms with Gasteiger partial charge in [-0.15, -0.1) is 10.2 Å². The van der Waals surface area contributed by atoms with E-state index >= 15 is 0 Å². The van der Waals surface area contributed by atoms with Crippen LogP contribution in [0.5, 0.6) is 0 Å². The van der Waals surface area contributed by atoms with Gasteiger partial charge in [0.15, 0.2) is 4.34 Å². The van der Waals surface area contributed by atoms with E-state index in [-0.39, 0.29) is 11.2 Å². The predicted molar refractivity (Wildman–Crippen MR) is 100 cm³/mol. The molecule has 1 amide bonds. The van der Waals surface area contributed by atoms with Crippen LogP contribution in [0.1, 0.15) is 13.8 Å². The molecular weight excluding hydrogens is 344 g/mol. The van der Waals surface area contributed by atoms with Crippen LogP contribution >= 0.6 is 23.1 Å². The summed E-state index contributed by atoms with van der Waals surface area (Å²) in [5.74, 6) is 0.0674. The van der Waals surface area contributed by atoms with E-state index in [1.165, 1.54) is 23.1 Å². The number of hydrogen-bond acceptors (Lipinski definition) is 7. The van der Waals surface area contributed by atoms with Gasteiger partial charge in [-0.25, -0.2) is 0 Å². The van der Waals surface area contributed by atoms with Gasteiger partial charge in [-0.05, 0) is 26.0 Å². The smallest absolute Gasteiger partial charge is 0.240 e. The number of nitrogens with zero attached hydrogens (tertiary/aromatic N) is 3. The summed E-state index contributed by atoms with van der Waals surface area (Å²) in [6.07, 6.45) is 0. The minimum Gasteiger partial charge on any atom is -0.383 e. The highest BCUT2D eigenvalue weighted by molar-refractivity contribution is 8.02. The van der Waals surface area contributed by atoms with Crippen molar-refractivity contribution in [1.82, 2.24) is 10.2 Å². The number of amides is 1. The van der Waals surface area contributed by atoms with Gasteiger partial charge in [0.1, 0.15) is 0 Å². The van der Waals surface area contributed by atoms with E-state index in [0.717, 1.165) is 15.2 Å². The van der Waals surface area contributed by atoms with Crippen LogP contribution in [0.15, 0.2) is 34.7 Å². The van der Waals surface area contributed by atoms with E-state index in [9.17, 15) is 4.79 Å². The summed E-state index contributed by atoms with van der Waals surface area (Å²) in [5.41, 5.74) is 0.914. The van der Waals surface area contributed by atoms with Gasteiger partial charge in [0.2, 0.25) is 11.0 Å². The third kappa shape index (κ3) is 5.19. The summed E-state index contributed by atoms with van der Waals surface area (Å²) in [5, 5.41) is 11.9. The van der Waals surface area contributed by atoms with Gasteiger partial charge in [-0.1, -0.05) is 41.3 Å². The largest absolute Gasteiger partial charge is 0.383 e. The van der Waals surface area contributed by atoms with E-state index in [0.29, 0.717) is 19.7 Å². The van der Waals surface area contributed by atoms with Gasteiger partial charge in [0.25, 0.3) is 0 Å². The minimum absolute atomic E-state index is 0.0674. The van der Waals surface area contributed by atoms with E-state index in [1.54, 1.807) is 12.0 Å². The highest BCUT2D eigenvalue weighted by Crippen LogP contribution is 2.30. The van der Waals surface area contributed by atoms with Crippen LogP contribution in [0.4, 0.5) is 10.8 Å². The third-order valence-corrected chi connectivity index (χ3v) is 5.32. The van der Waals surface area contributed by atoms with Crippen molar-refractivity contribution in [3.63, 3.8) is 0 Å². The molecule has 1 atom stereocenters. The van der Waals surface area contributed by atoms with Crippen LogP contribution in [0.2, 0.25) is 0 Å². The highest BCUT2D eigenvalue weighted by atomic mass is 32.2. The molecule has 1 heterocycles. The second-order valence-corrected chi connectivity index (χ2v) is 7.54. The number of methoxy groups -OCH3 is 1. The van der Waals surface area contributed by atoms with Crippen LogP contribution in [-0.4, -0.2) is 48.2 Å². The van der Waals surface area contributed by atoms with Gasteiger partial charge in [0.05, 0.1) is 11.9 Å². The molecule has 0 spiro atoms. The predicted octanol–water partition coefficient (Wildman–Crippen LogP) is 3.13. The molecule has 1 N–H and O–H groups in total. The van der Waals surface area contributed by atoms with E-state index in [1.807, 2.05) is 44.2 Å². The molecule has 0 saturated heterocycles. The molecule has 6 nitrogen and oxygen atoms in total. The van der Waals surface area contributed by atoms with Gasteiger partial charge >= 0.3 is 0 Å². The number of thioether (sulfide) groups is 1. The zero-order chi connectivity index (χ0) is 17.4. The lowest BCUT2D eigenvalue weighted by atomic mass is 10.2. The van der Waals surface area contributed by atoms with Crippen LogP contribution < -0.4 is 10.2 Å². The third-order valence-electron chi connectivity index (χ3n) is 3.26. The number of carbonyl (C=O) groups is 1. The molecule has 0 saturated carbocycles. The summed E-state index contributed by atoms with van der Waals surface area (Å²) in [6, 6.07) is 9.71. The van der Waals surface area contributed by atoms with Crippen LogP contribution in [0.25, 0.3) is 0 Å². The maximum Gasteiger partial charge on any atom is 0.240 e. The molecule has 0 aliphatic heterocycles. The second kappa shape index (κ2) is 9.61. The fourth-order valence-electron chi connectivity index (χ4n) is 2.08. The summed E-state index contributed by atoms with van der Waals surface area (Å²) in [6.45, 7) is 5.80. The van der Waals surface area contributed by atoms with Crippen molar-refractivity contribution in [2.75, 3.05) is 37.0 Å². The molecule has 130 valence electrons. The first-order chi connectivity index (χ1) is 11.7. The number of hydrogen-bond donors (Lipinski definition) is 1. The summed E-state index contributed by atoms with van der Waals surface area (Å²) < 4.78 is 5.76. The molecule has 0 bridgehead atoms. The number of ether oxygens (including phenoxy) is 1. The Morgan fingerprint density at radius 1 is 1.38 bits per heavy atom. The molecule has 0 fully saturated rings. The minimum atomic E-state index is -0.232. The average Bonchev–Trinajstić information content (AvgIpc) is 3.04. The first-order valence-electron chi connectivity index (χ1n) is 7.75. The molecule has 1 aromatic carbocycles. The van der Waals surface area contributed by atoms with E-state index < -0.39 is 0 Å². The normalized spacial score (nSPS) is 12.0. The SMILES string of the molecule is CCN(C(=O)C(C)Sc1nnc(NCCOC)s1)c1ccccc1.